The van der Waals surface area contributed by atoms with Gasteiger partial charge in [0, 0.05) is 19.2 Å². The van der Waals surface area contributed by atoms with Crippen LogP contribution in [0.4, 0.5) is 0 Å². The monoisotopic (exact) mass is 285 g/mol. The third kappa shape index (κ3) is 3.34. The van der Waals surface area contributed by atoms with Crippen molar-refractivity contribution >= 4 is 0 Å². The van der Waals surface area contributed by atoms with E-state index in [1.54, 1.807) is 0 Å². The summed E-state index contributed by atoms with van der Waals surface area (Å²) in [7, 11) is 0. The van der Waals surface area contributed by atoms with Crippen LogP contribution in [0, 0.1) is 6.92 Å². The van der Waals surface area contributed by atoms with E-state index in [1.807, 2.05) is 13.0 Å². The zero-order chi connectivity index (χ0) is 14.7. The summed E-state index contributed by atoms with van der Waals surface area (Å²) in [5.41, 5.74) is 2.34. The quantitative estimate of drug-likeness (QED) is 0.941. The highest BCUT2D eigenvalue weighted by Crippen LogP contribution is 2.24. The molecule has 0 amide bonds. The van der Waals surface area contributed by atoms with E-state index in [4.69, 9.17) is 4.52 Å². The van der Waals surface area contributed by atoms with Crippen molar-refractivity contribution in [2.45, 2.75) is 32.4 Å². The van der Waals surface area contributed by atoms with Crippen LogP contribution in [0.3, 0.4) is 0 Å². The van der Waals surface area contributed by atoms with Crippen LogP contribution in [-0.2, 0) is 12.1 Å². The molecule has 1 N–H and O–H groups in total. The first-order chi connectivity index (χ1) is 10.2. The Labute approximate surface area is 126 Å². The van der Waals surface area contributed by atoms with E-state index in [2.05, 4.69) is 52.6 Å². The number of aromatic nitrogens is 1. The van der Waals surface area contributed by atoms with Crippen molar-refractivity contribution in [3.63, 3.8) is 0 Å². The second-order valence-electron chi connectivity index (χ2n) is 6.12. The van der Waals surface area contributed by atoms with E-state index in [0.29, 0.717) is 0 Å². The van der Waals surface area contributed by atoms with Gasteiger partial charge < -0.3 is 9.84 Å². The van der Waals surface area contributed by atoms with Crippen LogP contribution in [-0.4, -0.2) is 29.7 Å². The maximum absolute atomic E-state index is 5.18. The van der Waals surface area contributed by atoms with Gasteiger partial charge in [0.2, 0.25) is 0 Å². The second-order valence-corrected chi connectivity index (χ2v) is 6.12. The Kier molecular flexibility index (Phi) is 4.08. The summed E-state index contributed by atoms with van der Waals surface area (Å²) in [4.78, 5) is 2.46. The molecule has 21 heavy (non-hydrogen) atoms. The van der Waals surface area contributed by atoms with E-state index < -0.39 is 0 Å². The lowest BCUT2D eigenvalue weighted by atomic mass is 9.91. The zero-order valence-electron chi connectivity index (χ0n) is 12.8. The lowest BCUT2D eigenvalue weighted by molar-refractivity contribution is 0.208. The molecule has 1 aliphatic rings. The van der Waals surface area contributed by atoms with E-state index >= 15 is 0 Å². The Hall–Kier alpha value is -1.65. The molecule has 0 radical (unpaired) electrons. The number of hydrogen-bond donors (Lipinski definition) is 1. The largest absolute Gasteiger partial charge is 0.361 e. The molecule has 3 rings (SSSR count). The number of nitrogens with zero attached hydrogens (tertiary/aromatic N) is 2. The van der Waals surface area contributed by atoms with Crippen molar-refractivity contribution in [3.8, 4) is 0 Å². The van der Waals surface area contributed by atoms with Crippen molar-refractivity contribution in [1.82, 2.24) is 15.4 Å². The van der Waals surface area contributed by atoms with Gasteiger partial charge in [-0.2, -0.15) is 0 Å². The van der Waals surface area contributed by atoms with Crippen molar-refractivity contribution < 1.29 is 4.52 Å². The standard InChI is InChI=1S/C17H23N3O/c1-14-11-16(19-21-14)12-20-10-6-9-18-17(2,13-20)15-7-4-3-5-8-15/h3-5,7-8,11,18H,6,9-10,12-13H2,1-2H3. The number of hydrogen-bond acceptors (Lipinski definition) is 4. The van der Waals surface area contributed by atoms with Crippen LogP contribution in [0.15, 0.2) is 40.9 Å². The fourth-order valence-corrected chi connectivity index (χ4v) is 3.10. The predicted molar refractivity (Wildman–Crippen MR) is 82.9 cm³/mol. The number of benzene rings is 1. The first-order valence-electron chi connectivity index (χ1n) is 7.61. The van der Waals surface area contributed by atoms with Crippen LogP contribution in [0.1, 0.15) is 30.4 Å². The van der Waals surface area contributed by atoms with Gasteiger partial charge in [-0.1, -0.05) is 35.5 Å². The van der Waals surface area contributed by atoms with Gasteiger partial charge >= 0.3 is 0 Å². The van der Waals surface area contributed by atoms with Crippen molar-refractivity contribution in [1.29, 1.82) is 0 Å². The summed E-state index contributed by atoms with van der Waals surface area (Å²) in [5.74, 6) is 0.878. The van der Waals surface area contributed by atoms with Gasteiger partial charge in [0.15, 0.2) is 0 Å². The molecule has 1 atom stereocenters. The van der Waals surface area contributed by atoms with E-state index in [-0.39, 0.29) is 5.54 Å². The molecular formula is C17H23N3O. The van der Waals surface area contributed by atoms with Crippen LogP contribution < -0.4 is 5.32 Å². The van der Waals surface area contributed by atoms with Crippen LogP contribution in [0.25, 0.3) is 0 Å². The molecule has 2 aromatic rings. The fourth-order valence-electron chi connectivity index (χ4n) is 3.10. The molecule has 0 aliphatic carbocycles. The maximum Gasteiger partial charge on any atom is 0.133 e. The third-order valence-electron chi connectivity index (χ3n) is 4.18. The first kappa shape index (κ1) is 14.3. The minimum Gasteiger partial charge on any atom is -0.361 e. The SMILES string of the molecule is Cc1cc(CN2CCCNC(C)(c3ccccc3)C2)no1. The summed E-state index contributed by atoms with van der Waals surface area (Å²) in [6, 6.07) is 12.7. The molecule has 0 bridgehead atoms. The molecule has 1 aromatic heterocycles. The molecule has 4 nitrogen and oxygen atoms in total. The normalized spacial score (nSPS) is 23.9. The van der Waals surface area contributed by atoms with Gasteiger partial charge in [-0.25, -0.2) is 0 Å². The molecule has 1 aromatic carbocycles. The first-order valence-corrected chi connectivity index (χ1v) is 7.61. The summed E-state index contributed by atoms with van der Waals surface area (Å²) in [5, 5.41) is 7.83. The second kappa shape index (κ2) is 6.00. The predicted octanol–water partition coefficient (Wildman–Crippen LogP) is 2.69. The average molecular weight is 285 g/mol. The Morgan fingerprint density at radius 2 is 2.14 bits per heavy atom. The van der Waals surface area contributed by atoms with Crippen molar-refractivity contribution in [2.24, 2.45) is 0 Å². The number of nitrogens with one attached hydrogen (secondary N) is 1. The fraction of sp³-hybridized carbons (Fsp3) is 0.471. The number of rotatable bonds is 3. The molecule has 1 aliphatic heterocycles. The highest BCUT2D eigenvalue weighted by molar-refractivity contribution is 5.24. The summed E-state index contributed by atoms with van der Waals surface area (Å²) >= 11 is 0. The molecule has 0 saturated carbocycles. The van der Waals surface area contributed by atoms with E-state index in [1.165, 1.54) is 5.56 Å². The molecular weight excluding hydrogens is 262 g/mol. The molecule has 4 heteroatoms. The zero-order valence-corrected chi connectivity index (χ0v) is 12.8. The van der Waals surface area contributed by atoms with Crippen LogP contribution in [0.2, 0.25) is 0 Å². The van der Waals surface area contributed by atoms with Gasteiger partial charge in [-0.15, -0.1) is 0 Å². The van der Waals surface area contributed by atoms with Crippen molar-refractivity contribution in [2.75, 3.05) is 19.6 Å². The number of aryl methyl sites for hydroxylation is 1. The average Bonchev–Trinajstić information content (AvgIpc) is 2.79. The molecule has 112 valence electrons. The van der Waals surface area contributed by atoms with Gasteiger partial charge in [0.25, 0.3) is 0 Å². The summed E-state index contributed by atoms with van der Waals surface area (Å²) in [6.07, 6.45) is 1.15. The minimum absolute atomic E-state index is 0.0173. The van der Waals surface area contributed by atoms with Crippen molar-refractivity contribution in [3.05, 3.63) is 53.4 Å². The highest BCUT2D eigenvalue weighted by atomic mass is 16.5. The maximum atomic E-state index is 5.18. The van der Waals surface area contributed by atoms with E-state index in [0.717, 1.165) is 44.1 Å². The Morgan fingerprint density at radius 1 is 1.33 bits per heavy atom. The molecule has 1 fully saturated rings. The van der Waals surface area contributed by atoms with Crippen LogP contribution in [0.5, 0.6) is 0 Å². The van der Waals surface area contributed by atoms with Gasteiger partial charge in [0.1, 0.15) is 5.76 Å². The Morgan fingerprint density at radius 3 is 2.86 bits per heavy atom. The molecule has 2 heterocycles. The van der Waals surface area contributed by atoms with Crippen LogP contribution >= 0.6 is 0 Å². The molecule has 0 spiro atoms. The highest BCUT2D eigenvalue weighted by Gasteiger charge is 2.30. The molecule has 1 saturated heterocycles. The lowest BCUT2D eigenvalue weighted by Crippen LogP contribution is -2.46. The molecule has 1 unspecified atom stereocenters. The van der Waals surface area contributed by atoms with E-state index in [9.17, 15) is 0 Å². The van der Waals surface area contributed by atoms with Gasteiger partial charge in [0.05, 0.1) is 11.2 Å². The lowest BCUT2D eigenvalue weighted by Gasteiger charge is -2.34. The smallest absolute Gasteiger partial charge is 0.133 e. The summed E-state index contributed by atoms with van der Waals surface area (Å²) < 4.78 is 5.18. The Balaban J connectivity index is 1.77. The van der Waals surface area contributed by atoms with Gasteiger partial charge in [-0.3, -0.25) is 4.90 Å². The minimum atomic E-state index is -0.0173. The summed E-state index contributed by atoms with van der Waals surface area (Å²) in [6.45, 7) is 8.18. The topological polar surface area (TPSA) is 41.3 Å². The Bertz CT molecular complexity index is 581. The third-order valence-corrected chi connectivity index (χ3v) is 4.18. The van der Waals surface area contributed by atoms with Gasteiger partial charge in [-0.05, 0) is 38.9 Å².